The minimum atomic E-state index is -0.0558. The third-order valence-electron chi connectivity index (χ3n) is 2.40. The van der Waals surface area contributed by atoms with Crippen molar-refractivity contribution in [3.63, 3.8) is 0 Å². The lowest BCUT2D eigenvalue weighted by molar-refractivity contribution is 0.0699. The molecule has 0 amide bonds. The van der Waals surface area contributed by atoms with Crippen LogP contribution < -0.4 is 5.32 Å². The SMILES string of the molecule is CCNc1nc(C(C)OCC)nc(CC)c1I. The second-order valence-corrected chi connectivity index (χ2v) is 4.75. The largest absolute Gasteiger partial charge is 0.371 e. The summed E-state index contributed by atoms with van der Waals surface area (Å²) in [6, 6.07) is 0. The Labute approximate surface area is 117 Å². The number of ether oxygens (including phenoxy) is 1. The van der Waals surface area contributed by atoms with Gasteiger partial charge in [-0.25, -0.2) is 9.97 Å². The maximum absolute atomic E-state index is 5.55. The number of rotatable bonds is 6. The van der Waals surface area contributed by atoms with Crippen molar-refractivity contribution >= 4 is 28.4 Å². The summed E-state index contributed by atoms with van der Waals surface area (Å²) >= 11 is 2.30. The number of hydrogen-bond acceptors (Lipinski definition) is 4. The van der Waals surface area contributed by atoms with Gasteiger partial charge in [-0.2, -0.15) is 0 Å². The Morgan fingerprint density at radius 1 is 1.29 bits per heavy atom. The molecule has 0 aromatic carbocycles. The van der Waals surface area contributed by atoms with Gasteiger partial charge in [0.1, 0.15) is 11.9 Å². The van der Waals surface area contributed by atoms with Crippen LogP contribution in [-0.2, 0) is 11.2 Å². The minimum Gasteiger partial charge on any atom is -0.371 e. The Hall–Kier alpha value is -0.430. The van der Waals surface area contributed by atoms with Gasteiger partial charge in [0.25, 0.3) is 0 Å². The zero-order chi connectivity index (χ0) is 12.8. The van der Waals surface area contributed by atoms with Crippen LogP contribution in [0, 0.1) is 3.57 Å². The van der Waals surface area contributed by atoms with Gasteiger partial charge in [0.2, 0.25) is 0 Å². The van der Waals surface area contributed by atoms with Gasteiger partial charge < -0.3 is 10.1 Å². The summed E-state index contributed by atoms with van der Waals surface area (Å²) in [6.45, 7) is 9.67. The molecule has 0 aliphatic rings. The van der Waals surface area contributed by atoms with Crippen molar-refractivity contribution in [1.82, 2.24) is 9.97 Å². The first-order chi connectivity index (χ1) is 8.13. The zero-order valence-electron chi connectivity index (χ0n) is 10.9. The molecule has 0 aliphatic heterocycles. The molecule has 17 heavy (non-hydrogen) atoms. The Kier molecular flexibility index (Phi) is 6.11. The zero-order valence-corrected chi connectivity index (χ0v) is 13.0. The number of halogens is 1. The quantitative estimate of drug-likeness (QED) is 0.802. The fraction of sp³-hybridized carbons (Fsp3) is 0.667. The molecule has 4 nitrogen and oxygen atoms in total. The Balaban J connectivity index is 3.10. The molecule has 0 fully saturated rings. The van der Waals surface area contributed by atoms with E-state index in [9.17, 15) is 0 Å². The smallest absolute Gasteiger partial charge is 0.159 e. The molecule has 0 aliphatic carbocycles. The molecular weight excluding hydrogens is 329 g/mol. The van der Waals surface area contributed by atoms with Crippen LogP contribution in [-0.4, -0.2) is 23.1 Å². The lowest BCUT2D eigenvalue weighted by Gasteiger charge is -2.15. The summed E-state index contributed by atoms with van der Waals surface area (Å²) in [7, 11) is 0. The van der Waals surface area contributed by atoms with Crippen molar-refractivity contribution in [2.24, 2.45) is 0 Å². The van der Waals surface area contributed by atoms with E-state index in [0.29, 0.717) is 6.61 Å². The van der Waals surface area contributed by atoms with E-state index in [1.165, 1.54) is 0 Å². The fourth-order valence-corrected chi connectivity index (χ4v) is 2.35. The van der Waals surface area contributed by atoms with Gasteiger partial charge in [-0.3, -0.25) is 0 Å². The predicted octanol–water partition coefficient (Wildman–Crippen LogP) is 3.17. The molecule has 5 heteroatoms. The first-order valence-corrected chi connectivity index (χ1v) is 7.13. The summed E-state index contributed by atoms with van der Waals surface area (Å²) in [5, 5.41) is 3.27. The highest BCUT2D eigenvalue weighted by Gasteiger charge is 2.15. The Bertz CT molecular complexity index is 371. The van der Waals surface area contributed by atoms with Gasteiger partial charge in [0.15, 0.2) is 5.82 Å². The summed E-state index contributed by atoms with van der Waals surface area (Å²) in [6.07, 6.45) is 0.852. The second-order valence-electron chi connectivity index (χ2n) is 3.67. The predicted molar refractivity (Wildman–Crippen MR) is 78.3 cm³/mol. The monoisotopic (exact) mass is 349 g/mol. The van der Waals surface area contributed by atoms with Crippen LogP contribution >= 0.6 is 22.6 Å². The molecule has 1 aromatic heterocycles. The van der Waals surface area contributed by atoms with E-state index in [1.54, 1.807) is 0 Å². The first kappa shape index (κ1) is 14.6. The van der Waals surface area contributed by atoms with Crippen LogP contribution in [0.3, 0.4) is 0 Å². The molecule has 1 heterocycles. The number of hydrogen-bond donors (Lipinski definition) is 1. The van der Waals surface area contributed by atoms with Crippen LogP contribution in [0.5, 0.6) is 0 Å². The van der Waals surface area contributed by atoms with Crippen LogP contribution in [0.1, 0.15) is 45.3 Å². The van der Waals surface area contributed by atoms with Gasteiger partial charge in [-0.05, 0) is 49.8 Å². The highest BCUT2D eigenvalue weighted by Crippen LogP contribution is 2.23. The average Bonchev–Trinajstić information content (AvgIpc) is 2.32. The van der Waals surface area contributed by atoms with Gasteiger partial charge in [0.05, 0.1) is 9.26 Å². The number of anilines is 1. The van der Waals surface area contributed by atoms with E-state index in [1.807, 2.05) is 13.8 Å². The van der Waals surface area contributed by atoms with Crippen molar-refractivity contribution in [1.29, 1.82) is 0 Å². The molecule has 0 spiro atoms. The highest BCUT2D eigenvalue weighted by atomic mass is 127. The summed E-state index contributed by atoms with van der Waals surface area (Å²) in [5.41, 5.74) is 1.08. The topological polar surface area (TPSA) is 47.0 Å². The Morgan fingerprint density at radius 2 is 2.00 bits per heavy atom. The van der Waals surface area contributed by atoms with Gasteiger partial charge in [-0.1, -0.05) is 6.92 Å². The fourth-order valence-electron chi connectivity index (χ4n) is 1.54. The summed E-state index contributed by atoms with van der Waals surface area (Å²) in [4.78, 5) is 9.10. The second kappa shape index (κ2) is 7.10. The summed E-state index contributed by atoms with van der Waals surface area (Å²) in [5.74, 6) is 1.68. The molecule has 1 atom stereocenters. The average molecular weight is 349 g/mol. The van der Waals surface area contributed by atoms with Crippen LogP contribution in [0.15, 0.2) is 0 Å². The molecule has 1 N–H and O–H groups in total. The van der Waals surface area contributed by atoms with Crippen molar-refractivity contribution < 1.29 is 4.74 Å². The molecule has 1 rings (SSSR count). The number of nitrogens with zero attached hydrogens (tertiary/aromatic N) is 2. The van der Waals surface area contributed by atoms with E-state index in [2.05, 4.69) is 51.7 Å². The normalized spacial score (nSPS) is 12.5. The van der Waals surface area contributed by atoms with Crippen LogP contribution in [0.25, 0.3) is 0 Å². The third kappa shape index (κ3) is 3.77. The lowest BCUT2D eigenvalue weighted by Crippen LogP contribution is -2.12. The maximum atomic E-state index is 5.55. The van der Waals surface area contributed by atoms with E-state index in [4.69, 9.17) is 4.74 Å². The third-order valence-corrected chi connectivity index (χ3v) is 3.53. The first-order valence-electron chi connectivity index (χ1n) is 6.05. The van der Waals surface area contributed by atoms with Crippen molar-refractivity contribution in [2.45, 2.75) is 40.2 Å². The number of aryl methyl sites for hydroxylation is 1. The number of aromatic nitrogens is 2. The molecule has 0 radical (unpaired) electrons. The molecule has 1 aromatic rings. The molecule has 0 saturated heterocycles. The van der Waals surface area contributed by atoms with Crippen LogP contribution in [0.4, 0.5) is 5.82 Å². The molecular formula is C12H20IN3O. The van der Waals surface area contributed by atoms with Gasteiger partial charge in [-0.15, -0.1) is 0 Å². The van der Waals surface area contributed by atoms with E-state index in [0.717, 1.165) is 33.9 Å². The van der Waals surface area contributed by atoms with Crippen molar-refractivity contribution in [2.75, 3.05) is 18.5 Å². The molecule has 96 valence electrons. The Morgan fingerprint density at radius 3 is 2.53 bits per heavy atom. The number of nitrogens with one attached hydrogen (secondary N) is 1. The van der Waals surface area contributed by atoms with E-state index in [-0.39, 0.29) is 6.10 Å². The van der Waals surface area contributed by atoms with Gasteiger partial charge >= 0.3 is 0 Å². The maximum Gasteiger partial charge on any atom is 0.159 e. The molecule has 0 saturated carbocycles. The molecule has 0 bridgehead atoms. The van der Waals surface area contributed by atoms with E-state index >= 15 is 0 Å². The minimum absolute atomic E-state index is 0.0558. The van der Waals surface area contributed by atoms with Gasteiger partial charge in [0, 0.05) is 13.2 Å². The highest BCUT2D eigenvalue weighted by molar-refractivity contribution is 14.1. The standard InChI is InChI=1S/C12H20IN3O/c1-5-9-10(13)12(14-6-2)16-11(15-9)8(4)17-7-3/h8H,5-7H2,1-4H3,(H,14,15,16). The van der Waals surface area contributed by atoms with Crippen molar-refractivity contribution in [3.05, 3.63) is 15.1 Å². The molecule has 1 unspecified atom stereocenters. The van der Waals surface area contributed by atoms with E-state index < -0.39 is 0 Å². The summed E-state index contributed by atoms with van der Waals surface area (Å²) < 4.78 is 6.66. The van der Waals surface area contributed by atoms with Crippen molar-refractivity contribution in [3.8, 4) is 0 Å². The van der Waals surface area contributed by atoms with Crippen LogP contribution in [0.2, 0.25) is 0 Å². The lowest BCUT2D eigenvalue weighted by atomic mass is 10.3.